The van der Waals surface area contributed by atoms with E-state index in [4.69, 9.17) is 4.74 Å². The summed E-state index contributed by atoms with van der Waals surface area (Å²) in [6.45, 7) is 4.98. The first-order valence-corrected chi connectivity index (χ1v) is 9.20. The molecule has 0 spiro atoms. The van der Waals surface area contributed by atoms with Gasteiger partial charge in [-0.2, -0.15) is 10.2 Å². The van der Waals surface area contributed by atoms with Crippen molar-refractivity contribution in [2.24, 2.45) is 5.10 Å². The third kappa shape index (κ3) is 5.81. The molecule has 3 rings (SSSR count). The summed E-state index contributed by atoms with van der Waals surface area (Å²) in [7, 11) is 0. The van der Waals surface area contributed by atoms with Gasteiger partial charge < -0.3 is 4.74 Å². The lowest BCUT2D eigenvalue weighted by atomic mass is 10.2. The number of nitrogens with zero attached hydrogens (tertiary/aromatic N) is 3. The van der Waals surface area contributed by atoms with E-state index in [-0.39, 0.29) is 5.91 Å². The number of nitrogens with one attached hydrogen (secondary N) is 1. The summed E-state index contributed by atoms with van der Waals surface area (Å²) in [5, 5.41) is 8.35. The van der Waals surface area contributed by atoms with Gasteiger partial charge in [-0.05, 0) is 55.3 Å². The van der Waals surface area contributed by atoms with Gasteiger partial charge in [0.05, 0.1) is 18.5 Å². The minimum Gasteiger partial charge on any atom is -0.489 e. The lowest BCUT2D eigenvalue weighted by Gasteiger charge is -2.06. The second kappa shape index (κ2) is 9.50. The Kier molecular flexibility index (Phi) is 6.57. The van der Waals surface area contributed by atoms with Crippen LogP contribution < -0.4 is 10.2 Å². The third-order valence-electron chi connectivity index (χ3n) is 4.19. The van der Waals surface area contributed by atoms with Crippen LogP contribution in [0.3, 0.4) is 0 Å². The molecule has 0 radical (unpaired) electrons. The number of carbonyl (C=O) groups is 1. The molecule has 3 aromatic rings. The van der Waals surface area contributed by atoms with Gasteiger partial charge in [0.2, 0.25) is 5.91 Å². The Morgan fingerprint density at radius 2 is 1.89 bits per heavy atom. The highest BCUT2D eigenvalue weighted by molar-refractivity contribution is 5.82. The van der Waals surface area contributed by atoms with Crippen LogP contribution in [-0.4, -0.2) is 21.9 Å². The Balaban J connectivity index is 1.42. The van der Waals surface area contributed by atoms with Crippen LogP contribution in [0.15, 0.2) is 65.8 Å². The molecule has 0 unspecified atom stereocenters. The molecule has 1 amide bonds. The highest BCUT2D eigenvalue weighted by Crippen LogP contribution is 2.13. The van der Waals surface area contributed by atoms with Gasteiger partial charge >= 0.3 is 0 Å². The van der Waals surface area contributed by atoms with Crippen molar-refractivity contribution in [1.29, 1.82) is 0 Å². The maximum atomic E-state index is 11.9. The van der Waals surface area contributed by atoms with Crippen molar-refractivity contribution < 1.29 is 9.53 Å². The first kappa shape index (κ1) is 19.4. The minimum atomic E-state index is -0.147. The monoisotopic (exact) mass is 376 g/mol. The number of hydrogen-bond acceptors (Lipinski definition) is 4. The van der Waals surface area contributed by atoms with E-state index < -0.39 is 0 Å². The van der Waals surface area contributed by atoms with Crippen molar-refractivity contribution >= 4 is 12.1 Å². The van der Waals surface area contributed by atoms with Crippen molar-refractivity contribution in [3.8, 4) is 5.75 Å². The van der Waals surface area contributed by atoms with Crippen molar-refractivity contribution in [3.63, 3.8) is 0 Å². The maximum absolute atomic E-state index is 11.9. The summed E-state index contributed by atoms with van der Waals surface area (Å²) >= 11 is 0. The van der Waals surface area contributed by atoms with Gasteiger partial charge in [0.15, 0.2) is 0 Å². The lowest BCUT2D eigenvalue weighted by molar-refractivity contribution is -0.121. The van der Waals surface area contributed by atoms with Crippen molar-refractivity contribution in [3.05, 3.63) is 83.2 Å². The van der Waals surface area contributed by atoms with Crippen LogP contribution in [-0.2, 0) is 17.9 Å². The van der Waals surface area contributed by atoms with Gasteiger partial charge in [-0.3, -0.25) is 9.48 Å². The van der Waals surface area contributed by atoms with Gasteiger partial charge in [0.25, 0.3) is 0 Å². The van der Waals surface area contributed by atoms with E-state index in [2.05, 4.69) is 15.6 Å². The molecular formula is C22H24N4O2. The Hall–Kier alpha value is -3.41. The molecule has 0 saturated carbocycles. The molecule has 28 heavy (non-hydrogen) atoms. The van der Waals surface area contributed by atoms with Crippen LogP contribution in [0.25, 0.3) is 0 Å². The van der Waals surface area contributed by atoms with E-state index in [0.717, 1.165) is 28.3 Å². The first-order valence-electron chi connectivity index (χ1n) is 9.20. The van der Waals surface area contributed by atoms with Crippen molar-refractivity contribution in [2.75, 3.05) is 0 Å². The number of hydrogen-bond donors (Lipinski definition) is 1. The molecule has 1 N–H and O–H groups in total. The standard InChI is InChI=1S/C22H24N4O2/c1-17-14-18(2)26(25-17)13-12-22(27)24-23-15-19-8-10-21(11-9-19)28-16-20-6-4-3-5-7-20/h3-11,14-15H,12-13,16H2,1-2H3,(H,24,27). The fraction of sp³-hybridized carbons (Fsp3) is 0.227. The Bertz CT molecular complexity index is 931. The average molecular weight is 376 g/mol. The number of aromatic nitrogens is 2. The van der Waals surface area contributed by atoms with E-state index in [1.165, 1.54) is 0 Å². The highest BCUT2D eigenvalue weighted by Gasteiger charge is 2.04. The van der Waals surface area contributed by atoms with Gasteiger partial charge in [-0.25, -0.2) is 5.43 Å². The molecule has 144 valence electrons. The fourth-order valence-corrected chi connectivity index (χ4v) is 2.73. The molecule has 0 atom stereocenters. The number of amides is 1. The molecular weight excluding hydrogens is 352 g/mol. The predicted octanol–water partition coefficient (Wildman–Crippen LogP) is 3.62. The quantitative estimate of drug-likeness (QED) is 0.482. The maximum Gasteiger partial charge on any atom is 0.241 e. The molecule has 0 aliphatic rings. The predicted molar refractivity (Wildman–Crippen MR) is 109 cm³/mol. The van der Waals surface area contributed by atoms with Gasteiger partial charge in [-0.15, -0.1) is 0 Å². The molecule has 0 bridgehead atoms. The molecule has 2 aromatic carbocycles. The zero-order chi connectivity index (χ0) is 19.8. The number of aryl methyl sites for hydroxylation is 3. The Morgan fingerprint density at radius 3 is 2.57 bits per heavy atom. The van der Waals surface area contributed by atoms with Gasteiger partial charge in [-0.1, -0.05) is 30.3 Å². The van der Waals surface area contributed by atoms with E-state index >= 15 is 0 Å². The highest BCUT2D eigenvalue weighted by atomic mass is 16.5. The van der Waals surface area contributed by atoms with Crippen molar-refractivity contribution in [2.45, 2.75) is 33.4 Å². The zero-order valence-corrected chi connectivity index (χ0v) is 16.1. The van der Waals surface area contributed by atoms with E-state index in [9.17, 15) is 4.79 Å². The summed E-state index contributed by atoms with van der Waals surface area (Å²) in [6, 6.07) is 19.6. The number of ether oxygens (including phenoxy) is 1. The number of benzene rings is 2. The largest absolute Gasteiger partial charge is 0.489 e. The summed E-state index contributed by atoms with van der Waals surface area (Å²) in [5.74, 6) is 0.640. The van der Waals surface area contributed by atoms with Gasteiger partial charge in [0.1, 0.15) is 12.4 Å². The second-order valence-corrected chi connectivity index (χ2v) is 6.54. The minimum absolute atomic E-state index is 0.147. The van der Waals surface area contributed by atoms with E-state index in [0.29, 0.717) is 19.6 Å². The van der Waals surface area contributed by atoms with E-state index in [1.807, 2.05) is 79.2 Å². The first-order chi connectivity index (χ1) is 13.6. The summed E-state index contributed by atoms with van der Waals surface area (Å²) in [5.41, 5.74) is 6.54. The Morgan fingerprint density at radius 1 is 1.14 bits per heavy atom. The summed E-state index contributed by atoms with van der Waals surface area (Å²) < 4.78 is 7.58. The number of hydrazone groups is 1. The SMILES string of the molecule is Cc1cc(C)n(CCC(=O)NN=Cc2ccc(OCc3ccccc3)cc2)n1. The molecule has 6 nitrogen and oxygen atoms in total. The normalized spacial score (nSPS) is 10.9. The number of carbonyl (C=O) groups excluding carboxylic acids is 1. The lowest BCUT2D eigenvalue weighted by Crippen LogP contribution is -2.20. The molecule has 6 heteroatoms. The number of rotatable bonds is 8. The topological polar surface area (TPSA) is 68.5 Å². The zero-order valence-electron chi connectivity index (χ0n) is 16.1. The molecule has 0 aliphatic carbocycles. The molecule has 0 fully saturated rings. The van der Waals surface area contributed by atoms with Crippen LogP contribution in [0.5, 0.6) is 5.75 Å². The van der Waals surface area contributed by atoms with Crippen LogP contribution in [0.2, 0.25) is 0 Å². The third-order valence-corrected chi connectivity index (χ3v) is 4.19. The van der Waals surface area contributed by atoms with Crippen LogP contribution >= 0.6 is 0 Å². The second-order valence-electron chi connectivity index (χ2n) is 6.54. The van der Waals surface area contributed by atoms with Crippen molar-refractivity contribution in [1.82, 2.24) is 15.2 Å². The van der Waals surface area contributed by atoms with Crippen LogP contribution in [0.1, 0.15) is 28.9 Å². The molecule has 0 saturated heterocycles. The fourth-order valence-electron chi connectivity index (χ4n) is 2.73. The average Bonchev–Trinajstić information content (AvgIpc) is 3.03. The smallest absolute Gasteiger partial charge is 0.241 e. The summed E-state index contributed by atoms with van der Waals surface area (Å²) in [6.07, 6.45) is 1.94. The van der Waals surface area contributed by atoms with E-state index in [1.54, 1.807) is 6.21 Å². The van der Waals surface area contributed by atoms with Crippen LogP contribution in [0, 0.1) is 13.8 Å². The molecule has 0 aliphatic heterocycles. The summed E-state index contributed by atoms with van der Waals surface area (Å²) in [4.78, 5) is 11.9. The Labute approximate surface area is 164 Å². The molecule has 1 heterocycles. The van der Waals surface area contributed by atoms with Gasteiger partial charge in [0, 0.05) is 12.1 Å². The van der Waals surface area contributed by atoms with Crippen LogP contribution in [0.4, 0.5) is 0 Å². The molecule has 1 aromatic heterocycles.